The van der Waals surface area contributed by atoms with E-state index in [1.165, 1.54) is 4.68 Å². The number of hydrogen-bond donors (Lipinski definition) is 0. The highest BCUT2D eigenvalue weighted by molar-refractivity contribution is 5.86. The maximum atomic E-state index is 13.4. The molecule has 0 aliphatic rings. The van der Waals surface area contributed by atoms with Crippen LogP contribution in [0.15, 0.2) is 107 Å². The summed E-state index contributed by atoms with van der Waals surface area (Å²) in [6.45, 7) is 2.38. The van der Waals surface area contributed by atoms with E-state index in [9.17, 15) is 9.59 Å². The Labute approximate surface area is 214 Å². The number of benzene rings is 4. The normalized spacial score (nSPS) is 11.1. The quantitative estimate of drug-likeness (QED) is 0.298. The lowest BCUT2D eigenvalue weighted by molar-refractivity contribution is 0.0558. The Balaban J connectivity index is 1.50. The molecule has 0 N–H and O–H groups in total. The zero-order valence-corrected chi connectivity index (χ0v) is 20.5. The minimum Gasteiger partial charge on any atom is -0.468 e. The number of ether oxygens (including phenoxy) is 2. The summed E-state index contributed by atoms with van der Waals surface area (Å²) >= 11 is 0. The van der Waals surface area contributed by atoms with Crippen molar-refractivity contribution in [1.82, 2.24) is 14.3 Å². The van der Waals surface area contributed by atoms with E-state index in [-0.39, 0.29) is 32.4 Å². The monoisotopic (exact) mass is 493 g/mol. The minimum absolute atomic E-state index is 0.148. The van der Waals surface area contributed by atoms with E-state index in [2.05, 4.69) is 11.2 Å². The van der Waals surface area contributed by atoms with Crippen molar-refractivity contribution in [2.24, 2.45) is 0 Å². The number of rotatable bonds is 9. The molecule has 1 aromatic heterocycles. The van der Waals surface area contributed by atoms with Gasteiger partial charge in [0, 0.05) is 0 Å². The molecule has 1 heterocycles. The first-order chi connectivity index (χ1) is 18.1. The van der Waals surface area contributed by atoms with Crippen molar-refractivity contribution >= 4 is 10.8 Å². The van der Waals surface area contributed by atoms with Gasteiger partial charge in [-0.2, -0.15) is 0 Å². The van der Waals surface area contributed by atoms with E-state index < -0.39 is 11.2 Å². The van der Waals surface area contributed by atoms with Gasteiger partial charge >= 0.3 is 11.2 Å². The average molecular weight is 494 g/mol. The first-order valence-electron chi connectivity index (χ1n) is 12.1. The molecule has 0 fully saturated rings. The Kier molecular flexibility index (Phi) is 7.23. The van der Waals surface area contributed by atoms with E-state index in [0.717, 1.165) is 37.6 Å². The highest BCUT2D eigenvalue weighted by atomic mass is 16.5. The van der Waals surface area contributed by atoms with Gasteiger partial charge in [-0.1, -0.05) is 97.1 Å². The maximum absolute atomic E-state index is 13.4. The summed E-state index contributed by atoms with van der Waals surface area (Å²) in [5.41, 5.74) is 2.63. The van der Waals surface area contributed by atoms with Crippen molar-refractivity contribution in [3.63, 3.8) is 0 Å². The molecule has 0 bridgehead atoms. The molecule has 0 atom stereocenters. The van der Waals surface area contributed by atoms with Gasteiger partial charge in [-0.05, 0) is 39.9 Å². The molecular weight excluding hydrogens is 466 g/mol. The van der Waals surface area contributed by atoms with E-state index in [1.807, 2.05) is 97.9 Å². The Morgan fingerprint density at radius 3 is 2.14 bits per heavy atom. The molecule has 7 heteroatoms. The summed E-state index contributed by atoms with van der Waals surface area (Å²) in [4.78, 5) is 26.7. The van der Waals surface area contributed by atoms with Gasteiger partial charge in [-0.15, -0.1) is 5.10 Å². The van der Waals surface area contributed by atoms with Crippen LogP contribution in [-0.4, -0.2) is 14.3 Å². The van der Waals surface area contributed by atoms with Gasteiger partial charge in [-0.25, -0.2) is 14.0 Å². The fraction of sp³-hybridized carbons (Fsp3) is 0.167. The number of aromatic nitrogens is 3. The molecular formula is C30H27N3O4. The zero-order chi connectivity index (χ0) is 25.6. The molecule has 7 nitrogen and oxygen atoms in total. The lowest BCUT2D eigenvalue weighted by Gasteiger charge is -2.15. The lowest BCUT2D eigenvalue weighted by atomic mass is 10.00. The van der Waals surface area contributed by atoms with Crippen LogP contribution in [0.5, 0.6) is 5.88 Å². The molecule has 0 aliphatic carbocycles. The predicted molar refractivity (Wildman–Crippen MR) is 143 cm³/mol. The van der Waals surface area contributed by atoms with Gasteiger partial charge in [0.2, 0.25) is 0 Å². The van der Waals surface area contributed by atoms with E-state index in [0.29, 0.717) is 0 Å². The largest absolute Gasteiger partial charge is 0.468 e. The van der Waals surface area contributed by atoms with Crippen molar-refractivity contribution in [2.75, 3.05) is 0 Å². The third-order valence-electron chi connectivity index (χ3n) is 6.22. The topological polar surface area (TPSA) is 75.3 Å². The summed E-state index contributed by atoms with van der Waals surface area (Å²) in [5.74, 6) is -0.148. The first-order valence-corrected chi connectivity index (χ1v) is 12.1. The number of hydrogen-bond acceptors (Lipinski definition) is 5. The van der Waals surface area contributed by atoms with Crippen LogP contribution in [0.1, 0.15) is 22.3 Å². The van der Waals surface area contributed by atoms with Crippen LogP contribution in [0.2, 0.25) is 0 Å². The van der Waals surface area contributed by atoms with Gasteiger partial charge in [-0.3, -0.25) is 4.79 Å². The van der Waals surface area contributed by atoms with Gasteiger partial charge in [0.25, 0.3) is 5.88 Å². The molecule has 0 amide bonds. The zero-order valence-electron chi connectivity index (χ0n) is 20.5. The molecule has 0 spiro atoms. The van der Waals surface area contributed by atoms with Crippen LogP contribution in [-0.2, 0) is 31.2 Å². The molecule has 5 rings (SSSR count). The van der Waals surface area contributed by atoms with Crippen LogP contribution < -0.4 is 16.0 Å². The third kappa shape index (κ3) is 5.52. The van der Waals surface area contributed by atoms with E-state index >= 15 is 0 Å². The van der Waals surface area contributed by atoms with Gasteiger partial charge in [0.1, 0.15) is 13.3 Å². The Hall–Kier alpha value is -4.49. The fourth-order valence-electron chi connectivity index (χ4n) is 4.20. The second-order valence-electron chi connectivity index (χ2n) is 8.80. The molecule has 4 aromatic carbocycles. The highest BCUT2D eigenvalue weighted by Crippen LogP contribution is 2.22. The van der Waals surface area contributed by atoms with Crippen molar-refractivity contribution < 1.29 is 9.47 Å². The Morgan fingerprint density at radius 1 is 0.757 bits per heavy atom. The summed E-state index contributed by atoms with van der Waals surface area (Å²) in [5, 5.41) is 6.44. The molecule has 37 heavy (non-hydrogen) atoms. The van der Waals surface area contributed by atoms with Crippen molar-refractivity contribution in [3.8, 4) is 5.88 Å². The van der Waals surface area contributed by atoms with Crippen LogP contribution in [0.25, 0.3) is 10.8 Å². The van der Waals surface area contributed by atoms with Crippen LogP contribution in [0, 0.1) is 6.92 Å². The summed E-state index contributed by atoms with van der Waals surface area (Å²) < 4.78 is 13.9. The summed E-state index contributed by atoms with van der Waals surface area (Å²) in [7, 11) is 0. The molecule has 0 radical (unpaired) electrons. The first kappa shape index (κ1) is 24.2. The second kappa shape index (κ2) is 11.1. The SMILES string of the molecule is Cc1ccc2ccccc2c1Cn1nc(OCc2ccccc2)c(=O)n(COCc2ccccc2)c1=O. The van der Waals surface area contributed by atoms with Crippen molar-refractivity contribution in [2.45, 2.75) is 33.4 Å². The van der Waals surface area contributed by atoms with Crippen molar-refractivity contribution in [1.29, 1.82) is 0 Å². The lowest BCUT2D eigenvalue weighted by Crippen LogP contribution is -2.42. The molecule has 0 saturated heterocycles. The number of fused-ring (bicyclic) bond motifs is 1. The Bertz CT molecular complexity index is 1630. The van der Waals surface area contributed by atoms with Crippen LogP contribution in [0.3, 0.4) is 0 Å². The Morgan fingerprint density at radius 2 is 1.41 bits per heavy atom. The van der Waals surface area contributed by atoms with E-state index in [4.69, 9.17) is 9.47 Å². The number of aryl methyl sites for hydroxylation is 1. The van der Waals surface area contributed by atoms with Gasteiger partial charge < -0.3 is 9.47 Å². The molecule has 0 aliphatic heterocycles. The average Bonchev–Trinajstić information content (AvgIpc) is 2.94. The smallest absolute Gasteiger partial charge is 0.349 e. The molecule has 0 unspecified atom stereocenters. The van der Waals surface area contributed by atoms with Crippen LogP contribution in [0.4, 0.5) is 0 Å². The molecule has 5 aromatic rings. The molecule has 0 saturated carbocycles. The predicted octanol–water partition coefficient (Wildman–Crippen LogP) is 4.67. The van der Waals surface area contributed by atoms with Gasteiger partial charge in [0.15, 0.2) is 0 Å². The van der Waals surface area contributed by atoms with E-state index in [1.54, 1.807) is 0 Å². The number of nitrogens with zero attached hydrogens (tertiary/aromatic N) is 3. The fourth-order valence-corrected chi connectivity index (χ4v) is 4.20. The second-order valence-corrected chi connectivity index (χ2v) is 8.80. The van der Waals surface area contributed by atoms with Crippen LogP contribution >= 0.6 is 0 Å². The maximum Gasteiger partial charge on any atom is 0.349 e. The van der Waals surface area contributed by atoms with Crippen molar-refractivity contribution in [3.05, 3.63) is 140 Å². The molecule has 186 valence electrons. The minimum atomic E-state index is -0.625. The third-order valence-corrected chi connectivity index (χ3v) is 6.22. The van der Waals surface area contributed by atoms with Gasteiger partial charge in [0.05, 0.1) is 13.2 Å². The standard InChI is InChI=1S/C30H27N3O4/c1-22-16-17-25-14-8-9-15-26(25)27(22)18-33-30(35)32(21-36-19-23-10-4-2-5-11-23)29(34)28(31-33)37-20-24-12-6-3-7-13-24/h2-17H,18-21H2,1H3. The summed E-state index contributed by atoms with van der Waals surface area (Å²) in [6, 6.07) is 31.1. The highest BCUT2D eigenvalue weighted by Gasteiger charge is 2.17. The summed E-state index contributed by atoms with van der Waals surface area (Å²) in [6.07, 6.45) is 0.